The maximum absolute atomic E-state index is 13.4. The topological polar surface area (TPSA) is 92.8 Å². The van der Waals surface area contributed by atoms with Crippen molar-refractivity contribution >= 4 is 29.3 Å². The highest BCUT2D eigenvalue weighted by atomic mass is 19.4. The van der Waals surface area contributed by atoms with E-state index in [0.29, 0.717) is 41.7 Å². The molecule has 0 aromatic heterocycles. The van der Waals surface area contributed by atoms with Gasteiger partial charge in [0.05, 0.1) is 16.8 Å². The lowest BCUT2D eigenvalue weighted by atomic mass is 9.97. The summed E-state index contributed by atoms with van der Waals surface area (Å²) in [5.74, 6) is -0.978. The lowest BCUT2D eigenvalue weighted by molar-refractivity contribution is -0.137. The molecule has 0 radical (unpaired) electrons. The summed E-state index contributed by atoms with van der Waals surface area (Å²) >= 11 is 0. The molecule has 0 aliphatic rings. The summed E-state index contributed by atoms with van der Waals surface area (Å²) in [5.41, 5.74) is 2.12. The Morgan fingerprint density at radius 2 is 1.50 bits per heavy atom. The predicted molar refractivity (Wildman–Crippen MR) is 169 cm³/mol. The molecule has 2 amide bonds. The van der Waals surface area contributed by atoms with Crippen LogP contribution in [0.2, 0.25) is 0 Å². The summed E-state index contributed by atoms with van der Waals surface area (Å²) in [6.07, 6.45) is -3.09. The van der Waals surface area contributed by atoms with Crippen LogP contribution in [0.5, 0.6) is 5.75 Å². The summed E-state index contributed by atoms with van der Waals surface area (Å²) in [5, 5.41) is 2.79. The van der Waals surface area contributed by atoms with Gasteiger partial charge in [-0.15, -0.1) is 0 Å². The molecule has 0 unspecified atom stereocenters. The Morgan fingerprint density at radius 1 is 0.826 bits per heavy atom. The van der Waals surface area contributed by atoms with Gasteiger partial charge in [0.15, 0.2) is 5.78 Å². The van der Waals surface area contributed by atoms with Gasteiger partial charge in [0.1, 0.15) is 5.75 Å². The first-order valence-electron chi connectivity index (χ1n) is 14.6. The molecule has 4 aromatic carbocycles. The molecule has 0 aliphatic heterocycles. The van der Waals surface area contributed by atoms with E-state index < -0.39 is 23.6 Å². The fraction of sp³-hybridized carbons (Fsp3) is 0.222. The predicted octanol–water partition coefficient (Wildman–Crippen LogP) is 7.85. The minimum atomic E-state index is -4.48. The van der Waals surface area contributed by atoms with Crippen LogP contribution in [-0.2, 0) is 17.4 Å². The second kappa shape index (κ2) is 14.7. The molecule has 0 fully saturated rings. The van der Waals surface area contributed by atoms with Crippen LogP contribution in [0.3, 0.4) is 0 Å². The molecule has 4 rings (SSSR count). The number of halogens is 3. The van der Waals surface area contributed by atoms with Gasteiger partial charge in [-0.25, -0.2) is 0 Å². The van der Waals surface area contributed by atoms with Crippen molar-refractivity contribution in [1.29, 1.82) is 0 Å². The van der Waals surface area contributed by atoms with Gasteiger partial charge in [0.2, 0.25) is 0 Å². The number of amides is 2. The Bertz CT molecular complexity index is 1730. The highest BCUT2D eigenvalue weighted by Crippen LogP contribution is 2.32. The Kier molecular flexibility index (Phi) is 10.7. The van der Waals surface area contributed by atoms with Gasteiger partial charge in [0, 0.05) is 38.1 Å². The molecule has 0 atom stereocenters. The molecule has 46 heavy (non-hydrogen) atoms. The van der Waals surface area contributed by atoms with E-state index in [2.05, 4.69) is 5.32 Å². The van der Waals surface area contributed by atoms with Crippen molar-refractivity contribution in [1.82, 2.24) is 4.90 Å². The number of ether oxygens (including phenoxy) is 1. The van der Waals surface area contributed by atoms with E-state index in [1.54, 1.807) is 87.7 Å². The second-order valence-corrected chi connectivity index (χ2v) is 10.8. The van der Waals surface area contributed by atoms with Crippen LogP contribution in [0.1, 0.15) is 68.4 Å². The number of carbonyl (C=O) groups excluding carboxylic acids is 4. The second-order valence-electron chi connectivity index (χ2n) is 10.8. The van der Waals surface area contributed by atoms with Crippen molar-refractivity contribution in [2.45, 2.75) is 38.8 Å². The summed E-state index contributed by atoms with van der Waals surface area (Å²) in [6.45, 7) is 1.77. The van der Waals surface area contributed by atoms with Crippen LogP contribution in [0.15, 0.2) is 91.0 Å². The SMILES string of the molecule is CCC(=O)c1ccc(OC(=O)CCCc2ccc(NC(=O)c3ccccc3-c3ccc(C(F)(F)F)cc3)c(C(=O)N(C)C)c2)cc1. The third-order valence-corrected chi connectivity index (χ3v) is 7.24. The van der Waals surface area contributed by atoms with E-state index in [0.717, 1.165) is 17.7 Å². The zero-order valence-corrected chi connectivity index (χ0v) is 25.6. The van der Waals surface area contributed by atoms with Gasteiger partial charge >= 0.3 is 12.1 Å². The molecule has 1 N–H and O–H groups in total. The molecule has 0 saturated carbocycles. The monoisotopic (exact) mass is 630 g/mol. The zero-order chi connectivity index (χ0) is 33.4. The van der Waals surface area contributed by atoms with Crippen molar-refractivity contribution in [3.8, 4) is 16.9 Å². The normalized spacial score (nSPS) is 11.1. The molecule has 238 valence electrons. The fourth-order valence-corrected chi connectivity index (χ4v) is 4.77. The van der Waals surface area contributed by atoms with E-state index >= 15 is 0 Å². The Balaban J connectivity index is 1.46. The van der Waals surface area contributed by atoms with Crippen molar-refractivity contribution in [2.24, 2.45) is 0 Å². The summed E-state index contributed by atoms with van der Waals surface area (Å²) in [6, 6.07) is 22.5. The van der Waals surface area contributed by atoms with Crippen LogP contribution in [0.25, 0.3) is 11.1 Å². The van der Waals surface area contributed by atoms with Gasteiger partial charge in [-0.3, -0.25) is 19.2 Å². The van der Waals surface area contributed by atoms with Crippen molar-refractivity contribution in [2.75, 3.05) is 19.4 Å². The number of alkyl halides is 3. The minimum absolute atomic E-state index is 0.00134. The van der Waals surface area contributed by atoms with Crippen LogP contribution in [0.4, 0.5) is 18.9 Å². The van der Waals surface area contributed by atoms with E-state index in [1.807, 2.05) is 0 Å². The number of Topliss-reactive ketones (excluding diaryl/α,β-unsaturated/α-hetero) is 1. The van der Waals surface area contributed by atoms with Crippen LogP contribution >= 0.6 is 0 Å². The van der Waals surface area contributed by atoms with E-state index in [1.165, 1.54) is 17.0 Å². The molecular weight excluding hydrogens is 597 g/mol. The molecule has 4 aromatic rings. The lowest BCUT2D eigenvalue weighted by Gasteiger charge is -2.17. The molecule has 0 spiro atoms. The number of esters is 1. The third kappa shape index (κ3) is 8.47. The van der Waals surface area contributed by atoms with E-state index in [9.17, 15) is 32.3 Å². The van der Waals surface area contributed by atoms with Crippen molar-refractivity contribution < 1.29 is 37.1 Å². The first kappa shape index (κ1) is 33.6. The van der Waals surface area contributed by atoms with Crippen LogP contribution < -0.4 is 10.1 Å². The number of benzene rings is 4. The molecule has 0 saturated heterocycles. The maximum atomic E-state index is 13.4. The van der Waals surface area contributed by atoms with E-state index in [-0.39, 0.29) is 34.9 Å². The average Bonchev–Trinajstić information content (AvgIpc) is 3.04. The number of nitrogens with one attached hydrogen (secondary N) is 1. The van der Waals surface area contributed by atoms with E-state index in [4.69, 9.17) is 4.74 Å². The molecular formula is C36H33F3N2O5. The lowest BCUT2D eigenvalue weighted by Crippen LogP contribution is -2.24. The number of nitrogens with zero attached hydrogens (tertiary/aromatic N) is 1. The van der Waals surface area contributed by atoms with Gasteiger partial charge in [-0.2, -0.15) is 13.2 Å². The number of anilines is 1. The molecule has 0 heterocycles. The Morgan fingerprint density at radius 3 is 2.13 bits per heavy atom. The summed E-state index contributed by atoms with van der Waals surface area (Å²) < 4.78 is 44.6. The quantitative estimate of drug-likeness (QED) is 0.104. The zero-order valence-electron chi connectivity index (χ0n) is 25.6. The highest BCUT2D eigenvalue weighted by molar-refractivity contribution is 6.11. The molecule has 0 aliphatic carbocycles. The van der Waals surface area contributed by atoms with Gasteiger partial charge in [0.25, 0.3) is 11.8 Å². The molecule has 10 heteroatoms. The minimum Gasteiger partial charge on any atom is -0.427 e. The number of hydrogen-bond acceptors (Lipinski definition) is 5. The number of rotatable bonds is 11. The standard InChI is InChI=1S/C36H33F3N2O5/c1-4-32(42)25-15-19-27(20-16-25)46-33(43)11-7-8-23-12-21-31(30(22-23)35(45)41(2)3)40-34(44)29-10-6-5-9-28(29)24-13-17-26(18-14-24)36(37,38)39/h5-6,9-10,12-22H,4,7-8,11H2,1-3H3,(H,40,44). The van der Waals surface area contributed by atoms with Gasteiger partial charge in [-0.1, -0.05) is 43.3 Å². The number of aryl methyl sites for hydroxylation is 1. The molecule has 7 nitrogen and oxygen atoms in total. The van der Waals surface area contributed by atoms with Gasteiger partial charge < -0.3 is 15.0 Å². The first-order chi connectivity index (χ1) is 21.9. The van der Waals surface area contributed by atoms with Crippen molar-refractivity contribution in [3.05, 3.63) is 119 Å². The maximum Gasteiger partial charge on any atom is 0.416 e. The fourth-order valence-electron chi connectivity index (χ4n) is 4.77. The molecule has 0 bridgehead atoms. The Labute approximate surface area is 265 Å². The number of ketones is 1. The first-order valence-corrected chi connectivity index (χ1v) is 14.6. The van der Waals surface area contributed by atoms with Gasteiger partial charge in [-0.05, 0) is 84.1 Å². The number of hydrogen-bond donors (Lipinski definition) is 1. The highest BCUT2D eigenvalue weighted by Gasteiger charge is 2.30. The largest absolute Gasteiger partial charge is 0.427 e. The van der Waals surface area contributed by atoms with Crippen molar-refractivity contribution in [3.63, 3.8) is 0 Å². The summed E-state index contributed by atoms with van der Waals surface area (Å²) in [4.78, 5) is 52.1. The third-order valence-electron chi connectivity index (χ3n) is 7.24. The number of carbonyl (C=O) groups is 4. The summed E-state index contributed by atoms with van der Waals surface area (Å²) in [7, 11) is 3.17. The smallest absolute Gasteiger partial charge is 0.416 e. The Hall–Kier alpha value is -5.25. The van der Waals surface area contributed by atoms with Crippen LogP contribution in [0, 0.1) is 0 Å². The average molecular weight is 631 g/mol. The van der Waals surface area contributed by atoms with Crippen LogP contribution in [-0.4, -0.2) is 42.6 Å².